The molecule has 3 N–H and O–H groups in total. The number of hydrogen-bond acceptors (Lipinski definition) is 15. The standard InChI is InChI=1S/C77H150O17P2/c1-7-9-11-13-15-16-17-24-32-37-43-49-55-61-76(81)93-72(65-87-74(79)59-53-47-39-14-12-10-8-2)67-91-95(83,84)89-63-71(78)64-90-96(85,86)92-68-73(66-88-75(80)60-54-48-42-36-31-27-23-22-26-30-35-41-46-52-58-70(5)6)94-77(82)62-56-50-44-38-33-28-21-19-18-20-25-29-34-40-45-51-57-69(3)4/h69-73,78H,7-68H2,1-6H3,(H,83,84)(H,85,86)/t71-,72+,73+/m0/s1. The van der Waals surface area contributed by atoms with E-state index < -0.39 is 97.5 Å². The molecular weight excluding hydrogens is 1260 g/mol. The van der Waals surface area contributed by atoms with Gasteiger partial charge in [-0.15, -0.1) is 0 Å². The predicted molar refractivity (Wildman–Crippen MR) is 391 cm³/mol. The molecule has 0 aliphatic heterocycles. The summed E-state index contributed by atoms with van der Waals surface area (Å²) in [5.74, 6) is -0.509. The highest BCUT2D eigenvalue weighted by Gasteiger charge is 2.30. The van der Waals surface area contributed by atoms with Crippen LogP contribution in [0, 0.1) is 11.8 Å². The Morgan fingerprint density at radius 1 is 0.281 bits per heavy atom. The Morgan fingerprint density at radius 2 is 0.479 bits per heavy atom. The third-order valence-electron chi connectivity index (χ3n) is 18.0. The van der Waals surface area contributed by atoms with E-state index in [9.17, 15) is 43.2 Å². The molecule has 19 heteroatoms. The van der Waals surface area contributed by atoms with Crippen LogP contribution in [0.5, 0.6) is 0 Å². The largest absolute Gasteiger partial charge is 0.472 e. The molecule has 0 amide bonds. The van der Waals surface area contributed by atoms with Gasteiger partial charge < -0.3 is 33.8 Å². The van der Waals surface area contributed by atoms with Crippen LogP contribution < -0.4 is 0 Å². The molecule has 0 fully saturated rings. The molecule has 0 heterocycles. The van der Waals surface area contributed by atoms with E-state index in [1.807, 2.05) is 0 Å². The number of aliphatic hydroxyl groups is 1. The van der Waals surface area contributed by atoms with Gasteiger partial charge in [-0.1, -0.05) is 350 Å². The zero-order chi connectivity index (χ0) is 70.7. The number of rotatable bonds is 76. The van der Waals surface area contributed by atoms with Crippen molar-refractivity contribution in [2.75, 3.05) is 39.6 Å². The minimum atomic E-state index is -4.96. The Labute approximate surface area is 588 Å². The lowest BCUT2D eigenvalue weighted by molar-refractivity contribution is -0.161. The maximum Gasteiger partial charge on any atom is 0.472 e. The molecule has 0 aromatic heterocycles. The molecule has 0 saturated carbocycles. The van der Waals surface area contributed by atoms with Gasteiger partial charge in [0.1, 0.15) is 19.3 Å². The Balaban J connectivity index is 5.19. The summed E-state index contributed by atoms with van der Waals surface area (Å²) in [4.78, 5) is 72.7. The van der Waals surface area contributed by atoms with Crippen molar-refractivity contribution in [3.05, 3.63) is 0 Å². The van der Waals surface area contributed by atoms with E-state index in [0.717, 1.165) is 115 Å². The van der Waals surface area contributed by atoms with E-state index in [1.54, 1.807) is 0 Å². The first-order valence-corrected chi connectivity index (χ1v) is 43.0. The van der Waals surface area contributed by atoms with Crippen molar-refractivity contribution in [2.45, 2.75) is 419 Å². The summed E-state index contributed by atoms with van der Waals surface area (Å²) in [6.07, 6.45) is 57.0. The normalized spacial score (nSPS) is 14.0. The fourth-order valence-corrected chi connectivity index (χ4v) is 13.4. The first-order valence-electron chi connectivity index (χ1n) is 40.0. The Hall–Kier alpha value is -1.94. The second-order valence-electron chi connectivity index (χ2n) is 28.7. The van der Waals surface area contributed by atoms with Gasteiger partial charge in [-0.2, -0.15) is 0 Å². The van der Waals surface area contributed by atoms with Gasteiger partial charge >= 0.3 is 39.5 Å². The molecule has 0 aromatic carbocycles. The van der Waals surface area contributed by atoms with E-state index in [-0.39, 0.29) is 25.7 Å². The molecule has 96 heavy (non-hydrogen) atoms. The van der Waals surface area contributed by atoms with Gasteiger partial charge in [-0.25, -0.2) is 9.13 Å². The maximum atomic E-state index is 13.1. The summed E-state index contributed by atoms with van der Waals surface area (Å²) in [5.41, 5.74) is 0. The molecular formula is C77H150O17P2. The van der Waals surface area contributed by atoms with Crippen molar-refractivity contribution in [1.82, 2.24) is 0 Å². The van der Waals surface area contributed by atoms with Crippen molar-refractivity contribution in [2.24, 2.45) is 11.8 Å². The van der Waals surface area contributed by atoms with E-state index in [4.69, 9.17) is 37.0 Å². The summed E-state index contributed by atoms with van der Waals surface area (Å²) in [5, 5.41) is 10.6. The highest BCUT2D eigenvalue weighted by atomic mass is 31.2. The van der Waals surface area contributed by atoms with Gasteiger partial charge in [-0.05, 0) is 37.5 Å². The Kier molecular flexibility index (Phi) is 67.4. The fraction of sp³-hybridized carbons (Fsp3) is 0.948. The van der Waals surface area contributed by atoms with Crippen LogP contribution in [0.1, 0.15) is 401 Å². The quantitative estimate of drug-likeness (QED) is 0.0222. The zero-order valence-corrected chi connectivity index (χ0v) is 64.5. The molecule has 17 nitrogen and oxygen atoms in total. The van der Waals surface area contributed by atoms with Crippen molar-refractivity contribution >= 4 is 39.5 Å². The van der Waals surface area contributed by atoms with Crippen LogP contribution >= 0.6 is 15.6 Å². The molecule has 0 aromatic rings. The van der Waals surface area contributed by atoms with E-state index in [2.05, 4.69) is 41.5 Å². The van der Waals surface area contributed by atoms with E-state index in [1.165, 1.54) is 205 Å². The molecule has 0 radical (unpaired) electrons. The number of ether oxygens (including phenoxy) is 4. The Morgan fingerprint density at radius 3 is 0.708 bits per heavy atom. The molecule has 0 bridgehead atoms. The monoisotopic (exact) mass is 1410 g/mol. The number of aliphatic hydroxyl groups excluding tert-OH is 1. The van der Waals surface area contributed by atoms with Crippen molar-refractivity contribution in [3.63, 3.8) is 0 Å². The van der Waals surface area contributed by atoms with E-state index in [0.29, 0.717) is 25.7 Å². The minimum Gasteiger partial charge on any atom is -0.462 e. The van der Waals surface area contributed by atoms with Crippen molar-refractivity contribution in [1.29, 1.82) is 0 Å². The molecule has 2 unspecified atom stereocenters. The average Bonchev–Trinajstić information content (AvgIpc) is 2.42. The number of phosphoric ester groups is 2. The average molecular weight is 1410 g/mol. The fourth-order valence-electron chi connectivity index (χ4n) is 11.8. The van der Waals surface area contributed by atoms with Crippen molar-refractivity contribution < 1.29 is 80.2 Å². The van der Waals surface area contributed by atoms with Crippen LogP contribution in [0.4, 0.5) is 0 Å². The van der Waals surface area contributed by atoms with Gasteiger partial charge in [0.05, 0.1) is 26.4 Å². The van der Waals surface area contributed by atoms with Gasteiger partial charge in [-0.3, -0.25) is 37.3 Å². The van der Waals surface area contributed by atoms with Crippen molar-refractivity contribution in [3.8, 4) is 0 Å². The lowest BCUT2D eigenvalue weighted by Crippen LogP contribution is -2.30. The molecule has 0 saturated heterocycles. The molecule has 0 rings (SSSR count). The molecule has 0 aliphatic carbocycles. The van der Waals surface area contributed by atoms with Crippen LogP contribution in [0.15, 0.2) is 0 Å². The summed E-state index contributed by atoms with van der Waals surface area (Å²) in [6, 6.07) is 0. The number of phosphoric acid groups is 2. The number of hydrogen-bond donors (Lipinski definition) is 3. The third kappa shape index (κ3) is 70.5. The van der Waals surface area contributed by atoms with Gasteiger partial charge in [0.25, 0.3) is 0 Å². The number of unbranched alkanes of at least 4 members (excludes halogenated alkanes) is 46. The third-order valence-corrected chi connectivity index (χ3v) is 19.9. The number of carbonyl (C=O) groups excluding carboxylic acids is 4. The Bertz CT molecular complexity index is 1860. The smallest absolute Gasteiger partial charge is 0.462 e. The summed E-state index contributed by atoms with van der Waals surface area (Å²) in [6.45, 7) is 9.62. The molecule has 0 spiro atoms. The van der Waals surface area contributed by atoms with Gasteiger partial charge in [0, 0.05) is 25.7 Å². The number of esters is 4. The lowest BCUT2D eigenvalue weighted by Gasteiger charge is -2.21. The second kappa shape index (κ2) is 68.8. The van der Waals surface area contributed by atoms with Crippen LogP contribution in [-0.2, 0) is 65.4 Å². The lowest BCUT2D eigenvalue weighted by atomic mass is 10.0. The predicted octanol–water partition coefficient (Wildman–Crippen LogP) is 22.7. The first-order chi connectivity index (χ1) is 46.4. The van der Waals surface area contributed by atoms with Crippen LogP contribution in [0.25, 0.3) is 0 Å². The van der Waals surface area contributed by atoms with Crippen LogP contribution in [0.2, 0.25) is 0 Å². The summed E-state index contributed by atoms with van der Waals surface area (Å²) >= 11 is 0. The SMILES string of the molecule is CCCCCCCCCCCCCCCC(=O)O[C@H](COC(=O)CCCCCCCCC)COP(=O)(O)OC[C@H](O)COP(=O)(O)OC[C@@H](COC(=O)CCCCCCCCCCCCCCCCC(C)C)OC(=O)CCCCCCCCCCCCCCCCCCC(C)C. The van der Waals surface area contributed by atoms with E-state index >= 15 is 0 Å². The number of carbonyl (C=O) groups is 4. The molecule has 5 atom stereocenters. The zero-order valence-electron chi connectivity index (χ0n) is 62.7. The molecule has 570 valence electrons. The van der Waals surface area contributed by atoms with Gasteiger partial charge in [0.15, 0.2) is 12.2 Å². The molecule has 0 aliphatic rings. The van der Waals surface area contributed by atoms with Crippen LogP contribution in [0.3, 0.4) is 0 Å². The van der Waals surface area contributed by atoms with Gasteiger partial charge in [0.2, 0.25) is 0 Å². The summed E-state index contributed by atoms with van der Waals surface area (Å²) in [7, 11) is -9.91. The minimum absolute atomic E-state index is 0.107. The van der Waals surface area contributed by atoms with Crippen LogP contribution in [-0.4, -0.2) is 96.7 Å². The highest BCUT2D eigenvalue weighted by molar-refractivity contribution is 7.47. The first kappa shape index (κ1) is 94.1. The maximum absolute atomic E-state index is 13.1. The summed E-state index contributed by atoms with van der Waals surface area (Å²) < 4.78 is 68.5. The topological polar surface area (TPSA) is 237 Å². The highest BCUT2D eigenvalue weighted by Crippen LogP contribution is 2.45. The second-order valence-corrected chi connectivity index (χ2v) is 31.6.